The van der Waals surface area contributed by atoms with Crippen molar-refractivity contribution in [3.05, 3.63) is 59.8 Å². The van der Waals surface area contributed by atoms with Crippen molar-refractivity contribution in [2.75, 3.05) is 55.6 Å². The summed E-state index contributed by atoms with van der Waals surface area (Å²) in [5.74, 6) is 0.885. The van der Waals surface area contributed by atoms with Crippen LogP contribution in [0.4, 0.5) is 17.1 Å². The van der Waals surface area contributed by atoms with E-state index in [0.717, 1.165) is 73.8 Å². The van der Waals surface area contributed by atoms with Crippen LogP contribution in [0.2, 0.25) is 0 Å². The number of hydrogen-bond acceptors (Lipinski definition) is 8. The molecule has 2 aromatic carbocycles. The van der Waals surface area contributed by atoms with Gasteiger partial charge in [0.15, 0.2) is 0 Å². The average molecular weight is 482 g/mol. The number of nitrogens with one attached hydrogen (secondary N) is 2. The lowest BCUT2D eigenvalue weighted by molar-refractivity contribution is 0.0190. The Labute approximate surface area is 211 Å². The minimum absolute atomic E-state index is 0.0356. The summed E-state index contributed by atoms with van der Waals surface area (Å²) in [6.45, 7) is 8.51. The van der Waals surface area contributed by atoms with Gasteiger partial charge in [-0.2, -0.15) is 5.26 Å². The van der Waals surface area contributed by atoms with Crippen molar-refractivity contribution in [2.45, 2.75) is 25.6 Å². The second-order valence-corrected chi connectivity index (χ2v) is 9.71. The molecule has 2 N–H and O–H groups in total. The number of piperazine rings is 1. The lowest BCUT2D eigenvalue weighted by Gasteiger charge is -2.39. The monoisotopic (exact) mass is 481 g/mol. The topological polar surface area (TPSA) is 88.8 Å². The first-order valence-electron chi connectivity index (χ1n) is 12.8. The Kier molecular flexibility index (Phi) is 6.18. The van der Waals surface area contributed by atoms with Gasteiger partial charge in [-0.05, 0) is 61.4 Å². The minimum Gasteiger partial charge on any atom is -0.371 e. The number of aliphatic imine (C=N–C) groups is 1. The van der Waals surface area contributed by atoms with Gasteiger partial charge < -0.3 is 25.2 Å². The Bertz CT molecular complexity index is 1340. The molecule has 0 spiro atoms. The molecule has 0 aliphatic carbocycles. The molecular formula is C28H31N7O. The lowest BCUT2D eigenvalue weighted by Crippen LogP contribution is -2.53. The van der Waals surface area contributed by atoms with Gasteiger partial charge in [0.05, 0.1) is 29.4 Å². The van der Waals surface area contributed by atoms with Crippen LogP contribution in [0.25, 0.3) is 10.9 Å². The molecule has 4 heterocycles. The number of nitrogens with zero attached hydrogens (tertiary/aromatic N) is 5. The summed E-state index contributed by atoms with van der Waals surface area (Å²) in [5.41, 5.74) is 6.00. The summed E-state index contributed by atoms with van der Waals surface area (Å²) in [7, 11) is 0. The highest BCUT2D eigenvalue weighted by molar-refractivity contribution is 5.96. The summed E-state index contributed by atoms with van der Waals surface area (Å²) in [6.07, 6.45) is 2.54. The van der Waals surface area contributed by atoms with Crippen LogP contribution in [0.1, 0.15) is 18.1 Å². The first kappa shape index (κ1) is 22.8. The highest BCUT2D eigenvalue weighted by Crippen LogP contribution is 2.32. The molecule has 2 fully saturated rings. The Balaban J connectivity index is 1.29. The normalized spacial score (nSPS) is 22.3. The number of rotatable bonds is 3. The highest BCUT2D eigenvalue weighted by atomic mass is 16.5. The van der Waals surface area contributed by atoms with Crippen LogP contribution in [0.3, 0.4) is 0 Å². The van der Waals surface area contributed by atoms with E-state index in [1.54, 1.807) is 6.20 Å². The molecule has 3 aliphatic heterocycles. The summed E-state index contributed by atoms with van der Waals surface area (Å²) in [5, 5.41) is 17.5. The number of amidine groups is 1. The Morgan fingerprint density at radius 3 is 2.81 bits per heavy atom. The third kappa shape index (κ3) is 4.36. The van der Waals surface area contributed by atoms with Crippen molar-refractivity contribution in [3.63, 3.8) is 0 Å². The summed E-state index contributed by atoms with van der Waals surface area (Å²) >= 11 is 0. The van der Waals surface area contributed by atoms with Crippen molar-refractivity contribution in [3.8, 4) is 6.07 Å². The smallest absolute Gasteiger partial charge is 0.133 e. The molecule has 8 nitrogen and oxygen atoms in total. The second kappa shape index (κ2) is 9.76. The fourth-order valence-corrected chi connectivity index (χ4v) is 5.50. The molecule has 2 saturated heterocycles. The molecule has 8 heteroatoms. The van der Waals surface area contributed by atoms with Crippen LogP contribution in [0.15, 0.2) is 53.7 Å². The molecule has 0 amide bonds. The lowest BCUT2D eigenvalue weighted by atomic mass is 10.1. The van der Waals surface area contributed by atoms with Crippen LogP contribution in [-0.4, -0.2) is 68.8 Å². The maximum atomic E-state index is 9.54. The SMILES string of the molecule is CC1CN(c2ccc(C#N)c3ncccc23)CC(C2=Nc3ccc(N4CCNCC4)cc3CCN2)O1. The van der Waals surface area contributed by atoms with Crippen molar-refractivity contribution in [1.82, 2.24) is 15.6 Å². The van der Waals surface area contributed by atoms with Gasteiger partial charge in [-0.3, -0.25) is 4.98 Å². The van der Waals surface area contributed by atoms with E-state index in [4.69, 9.17) is 9.73 Å². The Hall–Kier alpha value is -3.67. The molecule has 6 rings (SSSR count). The fraction of sp³-hybridized carbons (Fsp3) is 0.393. The zero-order valence-corrected chi connectivity index (χ0v) is 20.6. The highest BCUT2D eigenvalue weighted by Gasteiger charge is 2.31. The van der Waals surface area contributed by atoms with Gasteiger partial charge in [0, 0.05) is 62.2 Å². The van der Waals surface area contributed by atoms with Gasteiger partial charge in [-0.1, -0.05) is 0 Å². The quantitative estimate of drug-likeness (QED) is 0.595. The average Bonchev–Trinajstić information content (AvgIpc) is 3.15. The van der Waals surface area contributed by atoms with Crippen molar-refractivity contribution < 1.29 is 4.74 Å². The second-order valence-electron chi connectivity index (χ2n) is 9.71. The first-order chi connectivity index (χ1) is 17.7. The van der Waals surface area contributed by atoms with Crippen molar-refractivity contribution >= 4 is 33.8 Å². The standard InChI is InChI=1S/C28H31N7O/c1-19-17-35(25-7-4-21(16-29)27-23(25)3-2-9-31-27)18-26(36-19)28-32-10-8-20-15-22(5-6-24(20)33-28)34-13-11-30-12-14-34/h2-7,9,15,19,26,30H,8,10-14,17-18H2,1H3,(H,32,33). The number of hydrogen-bond donors (Lipinski definition) is 2. The number of fused-ring (bicyclic) bond motifs is 2. The number of morpholine rings is 1. The largest absolute Gasteiger partial charge is 0.371 e. The van der Waals surface area contributed by atoms with Gasteiger partial charge in [0.1, 0.15) is 18.0 Å². The van der Waals surface area contributed by atoms with Gasteiger partial charge >= 0.3 is 0 Å². The third-order valence-electron chi connectivity index (χ3n) is 7.26. The molecule has 0 radical (unpaired) electrons. The molecule has 1 aromatic heterocycles. The molecule has 0 saturated carbocycles. The van der Waals surface area contributed by atoms with E-state index < -0.39 is 0 Å². The third-order valence-corrected chi connectivity index (χ3v) is 7.26. The molecule has 36 heavy (non-hydrogen) atoms. The number of aromatic nitrogens is 1. The number of anilines is 2. The van der Waals surface area contributed by atoms with E-state index in [9.17, 15) is 5.26 Å². The number of pyridine rings is 1. The van der Waals surface area contributed by atoms with Gasteiger partial charge in [-0.15, -0.1) is 0 Å². The maximum absolute atomic E-state index is 9.54. The molecule has 2 unspecified atom stereocenters. The predicted molar refractivity (Wildman–Crippen MR) is 143 cm³/mol. The summed E-state index contributed by atoms with van der Waals surface area (Å²) in [6, 6.07) is 16.8. The van der Waals surface area contributed by atoms with Crippen LogP contribution < -0.4 is 20.4 Å². The molecule has 184 valence electrons. The van der Waals surface area contributed by atoms with E-state index in [-0.39, 0.29) is 12.2 Å². The molecule has 3 aromatic rings. The first-order valence-corrected chi connectivity index (χ1v) is 12.8. The van der Waals surface area contributed by atoms with Crippen LogP contribution in [0.5, 0.6) is 0 Å². The van der Waals surface area contributed by atoms with Crippen molar-refractivity contribution in [1.29, 1.82) is 5.26 Å². The number of nitriles is 1. The van der Waals surface area contributed by atoms with Crippen LogP contribution >= 0.6 is 0 Å². The van der Waals surface area contributed by atoms with E-state index in [1.807, 2.05) is 24.3 Å². The fourth-order valence-electron chi connectivity index (χ4n) is 5.50. The van der Waals surface area contributed by atoms with E-state index in [2.05, 4.69) is 56.6 Å². The van der Waals surface area contributed by atoms with Gasteiger partial charge in [0.2, 0.25) is 0 Å². The number of ether oxygens (including phenoxy) is 1. The van der Waals surface area contributed by atoms with E-state index in [1.165, 1.54) is 11.3 Å². The minimum atomic E-state index is -0.171. The number of benzene rings is 2. The molecule has 2 atom stereocenters. The van der Waals surface area contributed by atoms with Gasteiger partial charge in [-0.25, -0.2) is 4.99 Å². The van der Waals surface area contributed by atoms with Crippen LogP contribution in [0, 0.1) is 11.3 Å². The van der Waals surface area contributed by atoms with E-state index >= 15 is 0 Å². The zero-order chi connectivity index (χ0) is 24.5. The summed E-state index contributed by atoms with van der Waals surface area (Å²) < 4.78 is 6.41. The van der Waals surface area contributed by atoms with E-state index in [0.29, 0.717) is 12.1 Å². The zero-order valence-electron chi connectivity index (χ0n) is 20.6. The molecular weight excluding hydrogens is 450 g/mol. The Morgan fingerprint density at radius 2 is 1.94 bits per heavy atom. The van der Waals surface area contributed by atoms with Gasteiger partial charge in [0.25, 0.3) is 0 Å². The summed E-state index contributed by atoms with van der Waals surface area (Å²) in [4.78, 5) is 14.3. The van der Waals surface area contributed by atoms with Crippen molar-refractivity contribution in [2.24, 2.45) is 4.99 Å². The predicted octanol–water partition coefficient (Wildman–Crippen LogP) is 2.99. The van der Waals surface area contributed by atoms with Crippen LogP contribution in [-0.2, 0) is 11.2 Å². The Morgan fingerprint density at radius 1 is 1.06 bits per heavy atom. The maximum Gasteiger partial charge on any atom is 0.133 e. The molecule has 0 bridgehead atoms. The molecule has 3 aliphatic rings.